The second-order valence-electron chi connectivity index (χ2n) is 7.48. The van der Waals surface area contributed by atoms with Gasteiger partial charge in [0.25, 0.3) is 0 Å². The van der Waals surface area contributed by atoms with Gasteiger partial charge in [0, 0.05) is 38.4 Å². The fourth-order valence-corrected chi connectivity index (χ4v) is 3.71. The average Bonchev–Trinajstić information content (AvgIpc) is 2.81. The summed E-state index contributed by atoms with van der Waals surface area (Å²) in [6, 6.07) is 10.3. The molecule has 7 heteroatoms. The van der Waals surface area contributed by atoms with Gasteiger partial charge in [0.15, 0.2) is 11.5 Å². The van der Waals surface area contributed by atoms with E-state index < -0.39 is 6.10 Å². The summed E-state index contributed by atoms with van der Waals surface area (Å²) in [5, 5.41) is 10.4. The molecule has 1 heterocycles. The van der Waals surface area contributed by atoms with E-state index in [1.54, 1.807) is 27.4 Å². The Bertz CT molecular complexity index is 839. The van der Waals surface area contributed by atoms with Crippen LogP contribution in [-0.4, -0.2) is 70.2 Å². The molecule has 0 amide bonds. The van der Waals surface area contributed by atoms with Crippen molar-refractivity contribution < 1.29 is 23.7 Å². The third kappa shape index (κ3) is 6.12. The van der Waals surface area contributed by atoms with Crippen LogP contribution in [0.5, 0.6) is 17.2 Å². The number of aliphatic hydroxyl groups excluding tert-OH is 1. The van der Waals surface area contributed by atoms with Crippen LogP contribution in [0.2, 0.25) is 0 Å². The molecule has 1 aliphatic rings. The van der Waals surface area contributed by atoms with Crippen LogP contribution in [-0.2, 0) is 0 Å². The van der Waals surface area contributed by atoms with Crippen LogP contribution in [0.25, 0.3) is 6.08 Å². The minimum atomic E-state index is -0.547. The molecule has 0 bridgehead atoms. The maximum atomic E-state index is 13.1. The van der Waals surface area contributed by atoms with E-state index >= 15 is 0 Å². The van der Waals surface area contributed by atoms with Crippen LogP contribution in [0.1, 0.15) is 12.0 Å². The van der Waals surface area contributed by atoms with Gasteiger partial charge in [-0.3, -0.25) is 4.90 Å². The lowest BCUT2D eigenvalue weighted by Crippen LogP contribution is -2.47. The van der Waals surface area contributed by atoms with E-state index in [2.05, 4.69) is 9.80 Å². The molecule has 1 atom stereocenters. The highest BCUT2D eigenvalue weighted by Crippen LogP contribution is 2.38. The van der Waals surface area contributed by atoms with Gasteiger partial charge in [-0.05, 0) is 48.4 Å². The van der Waals surface area contributed by atoms with Crippen molar-refractivity contribution in [3.63, 3.8) is 0 Å². The SMILES string of the molecule is COc1cc(/C=C/C(O)CCN2CCN(c3ccc(F)cc3)CC2)cc(OC)c1OC. The zero-order valence-corrected chi connectivity index (χ0v) is 18.4. The summed E-state index contributed by atoms with van der Waals surface area (Å²) in [5.41, 5.74) is 1.91. The second-order valence-corrected chi connectivity index (χ2v) is 7.48. The van der Waals surface area contributed by atoms with Crippen molar-refractivity contribution in [2.75, 3.05) is 59.0 Å². The monoisotopic (exact) mass is 430 g/mol. The average molecular weight is 431 g/mol. The summed E-state index contributed by atoms with van der Waals surface area (Å²) in [6.07, 6.45) is 3.75. The zero-order valence-electron chi connectivity index (χ0n) is 18.4. The molecule has 2 aromatic rings. The first-order valence-corrected chi connectivity index (χ1v) is 10.4. The first-order valence-electron chi connectivity index (χ1n) is 10.4. The number of aliphatic hydroxyl groups is 1. The molecule has 31 heavy (non-hydrogen) atoms. The fraction of sp³-hybridized carbons (Fsp3) is 0.417. The lowest BCUT2D eigenvalue weighted by Gasteiger charge is -2.36. The van der Waals surface area contributed by atoms with Gasteiger partial charge in [-0.2, -0.15) is 0 Å². The number of ether oxygens (including phenoxy) is 3. The molecule has 0 aromatic heterocycles. The number of methoxy groups -OCH3 is 3. The van der Waals surface area contributed by atoms with Gasteiger partial charge >= 0.3 is 0 Å². The van der Waals surface area contributed by atoms with E-state index in [1.807, 2.05) is 30.3 Å². The number of rotatable bonds is 9. The highest BCUT2D eigenvalue weighted by Gasteiger charge is 2.18. The minimum Gasteiger partial charge on any atom is -0.493 e. The van der Waals surface area contributed by atoms with Crippen molar-refractivity contribution in [3.8, 4) is 17.2 Å². The number of piperazine rings is 1. The van der Waals surface area contributed by atoms with Crippen LogP contribution in [0, 0.1) is 5.82 Å². The van der Waals surface area contributed by atoms with E-state index in [0.29, 0.717) is 23.7 Å². The smallest absolute Gasteiger partial charge is 0.203 e. The van der Waals surface area contributed by atoms with Gasteiger partial charge in [0.05, 0.1) is 27.4 Å². The lowest BCUT2D eigenvalue weighted by molar-refractivity contribution is 0.174. The van der Waals surface area contributed by atoms with Crippen molar-refractivity contribution in [1.29, 1.82) is 0 Å². The summed E-state index contributed by atoms with van der Waals surface area (Å²) in [4.78, 5) is 4.60. The van der Waals surface area contributed by atoms with Crippen molar-refractivity contribution in [2.45, 2.75) is 12.5 Å². The van der Waals surface area contributed by atoms with Crippen molar-refractivity contribution >= 4 is 11.8 Å². The molecule has 1 aliphatic heterocycles. The summed E-state index contributed by atoms with van der Waals surface area (Å²) in [6.45, 7) is 4.44. The summed E-state index contributed by atoms with van der Waals surface area (Å²) < 4.78 is 29.2. The Hall–Kier alpha value is -2.77. The molecule has 168 valence electrons. The van der Waals surface area contributed by atoms with E-state index in [9.17, 15) is 9.50 Å². The standard InChI is InChI=1S/C24H31FN2O4/c1-29-22-16-18(17-23(30-2)24(22)31-3)4-9-21(28)10-11-26-12-14-27(15-13-26)20-7-5-19(25)6-8-20/h4-9,16-17,21,28H,10-15H2,1-3H3/b9-4+. The topological polar surface area (TPSA) is 54.4 Å². The number of benzene rings is 2. The number of anilines is 1. The Morgan fingerprint density at radius 2 is 1.58 bits per heavy atom. The van der Waals surface area contributed by atoms with Crippen LogP contribution in [0.4, 0.5) is 10.1 Å². The number of hydrogen-bond donors (Lipinski definition) is 1. The molecule has 6 nitrogen and oxygen atoms in total. The molecule has 0 saturated carbocycles. The van der Waals surface area contributed by atoms with E-state index in [1.165, 1.54) is 12.1 Å². The Kier molecular flexibility index (Phi) is 8.14. The largest absolute Gasteiger partial charge is 0.493 e. The van der Waals surface area contributed by atoms with Gasteiger partial charge in [-0.1, -0.05) is 12.2 Å². The first-order chi connectivity index (χ1) is 15.0. The Balaban J connectivity index is 1.49. The zero-order chi connectivity index (χ0) is 22.2. The van der Waals surface area contributed by atoms with E-state index in [-0.39, 0.29) is 5.82 Å². The summed E-state index contributed by atoms with van der Waals surface area (Å²) >= 11 is 0. The van der Waals surface area contributed by atoms with Gasteiger partial charge in [-0.25, -0.2) is 4.39 Å². The molecule has 0 aliphatic carbocycles. The highest BCUT2D eigenvalue weighted by atomic mass is 19.1. The van der Waals surface area contributed by atoms with Crippen LogP contribution in [0.15, 0.2) is 42.5 Å². The minimum absolute atomic E-state index is 0.212. The lowest BCUT2D eigenvalue weighted by atomic mass is 10.1. The van der Waals surface area contributed by atoms with Crippen molar-refractivity contribution in [3.05, 3.63) is 53.9 Å². The van der Waals surface area contributed by atoms with Crippen LogP contribution >= 0.6 is 0 Å². The summed E-state index contributed by atoms with van der Waals surface area (Å²) in [7, 11) is 4.73. The van der Waals surface area contributed by atoms with Gasteiger partial charge in [0.2, 0.25) is 5.75 Å². The van der Waals surface area contributed by atoms with Gasteiger partial charge in [-0.15, -0.1) is 0 Å². The third-order valence-electron chi connectivity index (χ3n) is 5.50. The number of hydrogen-bond acceptors (Lipinski definition) is 6. The van der Waals surface area contributed by atoms with E-state index in [4.69, 9.17) is 14.2 Å². The predicted octanol–water partition coefficient (Wildman–Crippen LogP) is 3.44. The molecule has 2 aromatic carbocycles. The highest BCUT2D eigenvalue weighted by molar-refractivity contribution is 5.62. The van der Waals surface area contributed by atoms with Crippen LogP contribution < -0.4 is 19.1 Å². The predicted molar refractivity (Wildman–Crippen MR) is 121 cm³/mol. The molecule has 0 radical (unpaired) electrons. The van der Waals surface area contributed by atoms with E-state index in [0.717, 1.165) is 44.0 Å². The van der Waals surface area contributed by atoms with Gasteiger partial charge < -0.3 is 24.2 Å². The van der Waals surface area contributed by atoms with Crippen molar-refractivity contribution in [2.24, 2.45) is 0 Å². The Labute approximate surface area is 183 Å². The molecule has 0 spiro atoms. The molecule has 1 saturated heterocycles. The molecule has 1 N–H and O–H groups in total. The van der Waals surface area contributed by atoms with Gasteiger partial charge in [0.1, 0.15) is 5.82 Å². The molecule has 1 unspecified atom stereocenters. The first kappa shape index (κ1) is 22.9. The maximum absolute atomic E-state index is 13.1. The molecule has 1 fully saturated rings. The Morgan fingerprint density at radius 1 is 0.968 bits per heavy atom. The number of halogens is 1. The summed E-state index contributed by atoms with van der Waals surface area (Å²) in [5.74, 6) is 1.49. The van der Waals surface area contributed by atoms with Crippen molar-refractivity contribution in [1.82, 2.24) is 4.90 Å². The molecule has 3 rings (SSSR count). The third-order valence-corrected chi connectivity index (χ3v) is 5.50. The van der Waals surface area contributed by atoms with Crippen LogP contribution in [0.3, 0.4) is 0 Å². The second kappa shape index (κ2) is 11.0. The quantitative estimate of drug-likeness (QED) is 0.658. The maximum Gasteiger partial charge on any atom is 0.203 e. The molecular formula is C24H31FN2O4. The number of nitrogens with zero attached hydrogens (tertiary/aromatic N) is 2. The molecular weight excluding hydrogens is 399 g/mol. The fourth-order valence-electron chi connectivity index (χ4n) is 3.71. The normalized spacial score (nSPS) is 15.8. The Morgan fingerprint density at radius 3 is 2.13 bits per heavy atom.